The Morgan fingerprint density at radius 3 is 3.11 bits per heavy atom. The van der Waals surface area contributed by atoms with E-state index in [9.17, 15) is 4.79 Å². The number of hydrogen-bond donors (Lipinski definition) is 2. The molecule has 2 heterocycles. The molecule has 0 spiro atoms. The van der Waals surface area contributed by atoms with E-state index in [-0.39, 0.29) is 5.56 Å². The lowest BCUT2D eigenvalue weighted by molar-refractivity contribution is 0.582. The van der Waals surface area contributed by atoms with Crippen molar-refractivity contribution in [1.29, 1.82) is 0 Å². The molecule has 0 radical (unpaired) electrons. The van der Waals surface area contributed by atoms with Crippen LogP contribution in [0.5, 0.6) is 0 Å². The highest BCUT2D eigenvalue weighted by atomic mass is 16.1. The van der Waals surface area contributed by atoms with Crippen molar-refractivity contribution in [3.05, 3.63) is 34.9 Å². The Kier molecular flexibility index (Phi) is 2.47. The smallest absolute Gasteiger partial charge is 0.261 e. The van der Waals surface area contributed by atoms with Crippen molar-refractivity contribution in [2.24, 2.45) is 5.92 Å². The van der Waals surface area contributed by atoms with E-state index in [1.165, 1.54) is 12.8 Å². The van der Waals surface area contributed by atoms with E-state index >= 15 is 0 Å². The molecule has 3 rings (SSSR count). The molecule has 5 heteroatoms. The number of nitrogens with zero attached hydrogens (tertiary/aromatic N) is 2. The predicted molar refractivity (Wildman–Crippen MR) is 71.5 cm³/mol. The minimum Gasteiger partial charge on any atom is -0.343 e. The van der Waals surface area contributed by atoms with Gasteiger partial charge in [0, 0.05) is 18.4 Å². The van der Waals surface area contributed by atoms with Gasteiger partial charge in [-0.15, -0.1) is 0 Å². The maximum absolute atomic E-state index is 11.9. The molecule has 2 aromatic rings. The average molecular weight is 244 g/mol. The van der Waals surface area contributed by atoms with Gasteiger partial charge in [-0.25, -0.2) is 0 Å². The monoisotopic (exact) mass is 244 g/mol. The van der Waals surface area contributed by atoms with Crippen LogP contribution < -0.4 is 10.9 Å². The van der Waals surface area contributed by atoms with E-state index in [2.05, 4.69) is 22.0 Å². The highest BCUT2D eigenvalue weighted by molar-refractivity contribution is 5.89. The first kappa shape index (κ1) is 11.1. The third-order valence-corrected chi connectivity index (χ3v) is 3.13. The molecule has 0 unspecified atom stereocenters. The van der Waals surface area contributed by atoms with Gasteiger partial charge in [0.15, 0.2) is 5.82 Å². The summed E-state index contributed by atoms with van der Waals surface area (Å²) in [7, 11) is 0. The fraction of sp³-hybridized carbons (Fsp3) is 0.385. The third-order valence-electron chi connectivity index (χ3n) is 3.13. The van der Waals surface area contributed by atoms with Crippen LogP contribution in [0.4, 0.5) is 5.82 Å². The number of nitrogens with one attached hydrogen (secondary N) is 2. The van der Waals surface area contributed by atoms with Crippen molar-refractivity contribution in [3.8, 4) is 0 Å². The number of hydrogen-bond acceptors (Lipinski definition) is 3. The molecule has 5 nitrogen and oxygen atoms in total. The summed E-state index contributed by atoms with van der Waals surface area (Å²) < 4.78 is 1.92. The first-order valence-corrected chi connectivity index (χ1v) is 6.16. The maximum Gasteiger partial charge on any atom is 0.261 e. The SMILES string of the molecule is C=C(C)Nc1nn(CC2CC2)c2cc[nH]c(=O)c12. The second kappa shape index (κ2) is 4.01. The van der Waals surface area contributed by atoms with Gasteiger partial charge in [0.05, 0.1) is 5.52 Å². The molecule has 18 heavy (non-hydrogen) atoms. The molecular weight excluding hydrogens is 228 g/mol. The molecule has 1 aliphatic rings. The Bertz CT molecular complexity index is 663. The molecule has 2 N–H and O–H groups in total. The number of rotatable bonds is 4. The standard InChI is InChI=1S/C13H16N4O/c1-8(2)15-12-11-10(5-6-14-13(11)18)17(16-12)7-9-3-4-9/h5-6,9H,1,3-4,7H2,2H3,(H,14,18)(H,15,16). The molecule has 0 bridgehead atoms. The van der Waals surface area contributed by atoms with Crippen LogP contribution in [0, 0.1) is 5.92 Å². The van der Waals surface area contributed by atoms with Crippen molar-refractivity contribution < 1.29 is 0 Å². The molecule has 0 atom stereocenters. The zero-order valence-electron chi connectivity index (χ0n) is 10.4. The van der Waals surface area contributed by atoms with Gasteiger partial charge >= 0.3 is 0 Å². The fourth-order valence-corrected chi connectivity index (χ4v) is 2.11. The molecule has 1 fully saturated rings. The van der Waals surface area contributed by atoms with Gasteiger partial charge in [0.1, 0.15) is 5.39 Å². The van der Waals surface area contributed by atoms with Crippen LogP contribution in [0.2, 0.25) is 0 Å². The first-order chi connectivity index (χ1) is 8.65. The minimum atomic E-state index is -0.113. The molecule has 0 saturated heterocycles. The van der Waals surface area contributed by atoms with E-state index in [1.807, 2.05) is 17.7 Å². The van der Waals surface area contributed by atoms with E-state index in [0.29, 0.717) is 17.1 Å². The zero-order chi connectivity index (χ0) is 12.7. The van der Waals surface area contributed by atoms with Gasteiger partial charge in [0.25, 0.3) is 5.56 Å². The van der Waals surface area contributed by atoms with Crippen molar-refractivity contribution in [2.45, 2.75) is 26.3 Å². The predicted octanol–water partition coefficient (Wildman–Crippen LogP) is 2.08. The lowest BCUT2D eigenvalue weighted by atomic mass is 10.3. The molecule has 2 aromatic heterocycles. The highest BCUT2D eigenvalue weighted by Gasteiger charge is 2.24. The Balaban J connectivity index is 2.15. The number of H-pyrrole nitrogens is 1. The molecule has 1 aliphatic carbocycles. The number of fused-ring (bicyclic) bond motifs is 1. The first-order valence-electron chi connectivity index (χ1n) is 6.16. The largest absolute Gasteiger partial charge is 0.343 e. The van der Waals surface area contributed by atoms with Gasteiger partial charge in [-0.2, -0.15) is 5.10 Å². The Morgan fingerprint density at radius 2 is 2.44 bits per heavy atom. The molecule has 0 aliphatic heterocycles. The van der Waals surface area contributed by atoms with Crippen molar-refractivity contribution in [1.82, 2.24) is 14.8 Å². The van der Waals surface area contributed by atoms with Gasteiger partial charge < -0.3 is 10.3 Å². The van der Waals surface area contributed by atoms with Crippen LogP contribution >= 0.6 is 0 Å². The number of allylic oxidation sites excluding steroid dienone is 1. The fourth-order valence-electron chi connectivity index (χ4n) is 2.11. The Labute approximate surface area is 105 Å². The highest BCUT2D eigenvalue weighted by Crippen LogP contribution is 2.32. The molecule has 0 amide bonds. The topological polar surface area (TPSA) is 62.7 Å². The summed E-state index contributed by atoms with van der Waals surface area (Å²) in [6.45, 7) is 6.53. The normalized spacial score (nSPS) is 14.9. The van der Waals surface area contributed by atoms with E-state index < -0.39 is 0 Å². The van der Waals surface area contributed by atoms with E-state index in [4.69, 9.17) is 0 Å². The second-order valence-corrected chi connectivity index (χ2v) is 4.95. The van der Waals surface area contributed by atoms with Gasteiger partial charge in [-0.1, -0.05) is 6.58 Å². The van der Waals surface area contributed by atoms with E-state index in [1.54, 1.807) is 6.20 Å². The minimum absolute atomic E-state index is 0.113. The summed E-state index contributed by atoms with van der Waals surface area (Å²) in [6.07, 6.45) is 4.18. The second-order valence-electron chi connectivity index (χ2n) is 4.95. The summed E-state index contributed by atoms with van der Waals surface area (Å²) >= 11 is 0. The zero-order valence-corrected chi connectivity index (χ0v) is 10.4. The molecular formula is C13H16N4O. The maximum atomic E-state index is 11.9. The number of aromatic amines is 1. The van der Waals surface area contributed by atoms with Crippen LogP contribution in [0.3, 0.4) is 0 Å². The van der Waals surface area contributed by atoms with Crippen LogP contribution in [-0.4, -0.2) is 14.8 Å². The summed E-state index contributed by atoms with van der Waals surface area (Å²) in [6, 6.07) is 1.90. The van der Waals surface area contributed by atoms with Crippen molar-refractivity contribution in [2.75, 3.05) is 5.32 Å². The van der Waals surface area contributed by atoms with Crippen molar-refractivity contribution in [3.63, 3.8) is 0 Å². The molecule has 1 saturated carbocycles. The van der Waals surface area contributed by atoms with Gasteiger partial charge in [-0.3, -0.25) is 9.48 Å². The van der Waals surface area contributed by atoms with Crippen LogP contribution in [-0.2, 0) is 6.54 Å². The number of pyridine rings is 1. The number of aromatic nitrogens is 3. The average Bonchev–Trinajstić information content (AvgIpc) is 3.04. The summed E-state index contributed by atoms with van der Waals surface area (Å²) in [5.41, 5.74) is 1.55. The summed E-state index contributed by atoms with van der Waals surface area (Å²) in [5.74, 6) is 1.31. The molecule has 0 aromatic carbocycles. The summed E-state index contributed by atoms with van der Waals surface area (Å²) in [5, 5.41) is 8.16. The van der Waals surface area contributed by atoms with Gasteiger partial charge in [0.2, 0.25) is 0 Å². The van der Waals surface area contributed by atoms with Crippen LogP contribution in [0.25, 0.3) is 10.9 Å². The Hall–Kier alpha value is -2.04. The summed E-state index contributed by atoms with van der Waals surface area (Å²) in [4.78, 5) is 14.6. The van der Waals surface area contributed by atoms with Gasteiger partial charge in [-0.05, 0) is 31.7 Å². The third kappa shape index (κ3) is 1.92. The lowest BCUT2D eigenvalue weighted by Gasteiger charge is -2.00. The quantitative estimate of drug-likeness (QED) is 0.865. The van der Waals surface area contributed by atoms with Crippen LogP contribution in [0.1, 0.15) is 19.8 Å². The van der Waals surface area contributed by atoms with Crippen LogP contribution in [0.15, 0.2) is 29.3 Å². The molecule has 94 valence electrons. The lowest BCUT2D eigenvalue weighted by Crippen LogP contribution is -2.06. The van der Waals surface area contributed by atoms with Crippen molar-refractivity contribution >= 4 is 16.7 Å². The Morgan fingerprint density at radius 1 is 1.67 bits per heavy atom. The van der Waals surface area contributed by atoms with E-state index in [0.717, 1.165) is 17.8 Å². The number of anilines is 1.